The molecule has 1 aliphatic heterocycles. The highest BCUT2D eigenvalue weighted by Gasteiger charge is 2.24. The molecule has 1 aromatic carbocycles. The molecule has 1 aromatic heterocycles. The molecule has 0 amide bonds. The van der Waals surface area contributed by atoms with Gasteiger partial charge < -0.3 is 9.88 Å². The maximum Gasteiger partial charge on any atom is 0.0515 e. The molecule has 1 aliphatic rings. The van der Waals surface area contributed by atoms with Gasteiger partial charge in [-0.3, -0.25) is 0 Å². The SMILES string of the molecule is Cc1ccc2c3c(n(C)c2c1C)CNCC3C. The third-order valence-electron chi connectivity index (χ3n) is 4.28. The van der Waals surface area contributed by atoms with E-state index in [0.29, 0.717) is 5.92 Å². The Hall–Kier alpha value is -1.28. The third-order valence-corrected chi connectivity index (χ3v) is 4.28. The van der Waals surface area contributed by atoms with Crippen LogP contribution in [0.15, 0.2) is 12.1 Å². The number of rotatable bonds is 0. The summed E-state index contributed by atoms with van der Waals surface area (Å²) in [6.07, 6.45) is 0. The number of nitrogens with zero attached hydrogens (tertiary/aromatic N) is 1. The van der Waals surface area contributed by atoms with E-state index in [2.05, 4.69) is 49.8 Å². The molecule has 90 valence electrons. The summed E-state index contributed by atoms with van der Waals surface area (Å²) in [6, 6.07) is 4.56. The van der Waals surface area contributed by atoms with E-state index in [1.54, 1.807) is 5.56 Å². The summed E-state index contributed by atoms with van der Waals surface area (Å²) in [4.78, 5) is 0. The Bertz CT molecular complexity index is 593. The molecule has 3 rings (SSSR count). The van der Waals surface area contributed by atoms with Crippen LogP contribution in [0.25, 0.3) is 10.9 Å². The van der Waals surface area contributed by atoms with Gasteiger partial charge in [-0.2, -0.15) is 0 Å². The Kier molecular flexibility index (Phi) is 2.30. The Morgan fingerprint density at radius 3 is 2.82 bits per heavy atom. The van der Waals surface area contributed by atoms with E-state index in [9.17, 15) is 0 Å². The van der Waals surface area contributed by atoms with Gasteiger partial charge in [0.15, 0.2) is 0 Å². The first-order valence-electron chi connectivity index (χ1n) is 6.39. The van der Waals surface area contributed by atoms with Gasteiger partial charge in [0.2, 0.25) is 0 Å². The second-order valence-corrected chi connectivity index (χ2v) is 5.35. The predicted octanol–water partition coefficient (Wildman–Crippen LogP) is 3.00. The molecule has 1 atom stereocenters. The molecule has 17 heavy (non-hydrogen) atoms. The van der Waals surface area contributed by atoms with Gasteiger partial charge >= 0.3 is 0 Å². The van der Waals surface area contributed by atoms with Crippen molar-refractivity contribution in [1.82, 2.24) is 9.88 Å². The van der Waals surface area contributed by atoms with Crippen LogP contribution in [0.4, 0.5) is 0 Å². The maximum absolute atomic E-state index is 3.51. The molecular weight excluding hydrogens is 208 g/mol. The highest BCUT2D eigenvalue weighted by atomic mass is 15.0. The fraction of sp³-hybridized carbons (Fsp3) is 0.467. The van der Waals surface area contributed by atoms with Crippen LogP contribution in [0, 0.1) is 13.8 Å². The Labute approximate surface area is 103 Å². The van der Waals surface area contributed by atoms with Gasteiger partial charge in [0.05, 0.1) is 5.52 Å². The van der Waals surface area contributed by atoms with Gasteiger partial charge in [-0.1, -0.05) is 19.1 Å². The Morgan fingerprint density at radius 2 is 2.06 bits per heavy atom. The van der Waals surface area contributed by atoms with Crippen molar-refractivity contribution in [2.75, 3.05) is 6.54 Å². The monoisotopic (exact) mass is 228 g/mol. The summed E-state index contributed by atoms with van der Waals surface area (Å²) in [5.74, 6) is 0.615. The van der Waals surface area contributed by atoms with Crippen LogP contribution in [0.5, 0.6) is 0 Å². The van der Waals surface area contributed by atoms with E-state index in [1.807, 2.05) is 0 Å². The fourth-order valence-electron chi connectivity index (χ4n) is 3.19. The van der Waals surface area contributed by atoms with E-state index in [4.69, 9.17) is 0 Å². The number of nitrogens with one attached hydrogen (secondary N) is 1. The Balaban J connectivity index is 2.45. The summed E-state index contributed by atoms with van der Waals surface area (Å²) in [5, 5.41) is 4.96. The highest BCUT2D eigenvalue weighted by molar-refractivity contribution is 5.89. The normalized spacial score (nSPS) is 19.6. The average Bonchev–Trinajstić information content (AvgIpc) is 2.60. The summed E-state index contributed by atoms with van der Waals surface area (Å²) in [5.41, 5.74) is 7.25. The molecule has 2 aromatic rings. The van der Waals surface area contributed by atoms with Crippen LogP contribution >= 0.6 is 0 Å². The van der Waals surface area contributed by atoms with Crippen LogP contribution < -0.4 is 5.32 Å². The van der Waals surface area contributed by atoms with Crippen molar-refractivity contribution in [3.63, 3.8) is 0 Å². The molecular formula is C15H20N2. The summed E-state index contributed by atoms with van der Waals surface area (Å²) >= 11 is 0. The van der Waals surface area contributed by atoms with Gasteiger partial charge in [-0.25, -0.2) is 0 Å². The lowest BCUT2D eigenvalue weighted by molar-refractivity contribution is 0.553. The van der Waals surface area contributed by atoms with E-state index < -0.39 is 0 Å². The van der Waals surface area contributed by atoms with Gasteiger partial charge in [0.25, 0.3) is 0 Å². The van der Waals surface area contributed by atoms with Crippen LogP contribution in [0.1, 0.15) is 35.2 Å². The lowest BCUT2D eigenvalue weighted by Crippen LogP contribution is -2.27. The number of aromatic nitrogens is 1. The number of hydrogen-bond donors (Lipinski definition) is 1. The van der Waals surface area contributed by atoms with E-state index in [1.165, 1.54) is 27.7 Å². The number of aryl methyl sites for hydroxylation is 3. The molecule has 0 saturated carbocycles. The molecule has 0 radical (unpaired) electrons. The predicted molar refractivity (Wildman–Crippen MR) is 72.5 cm³/mol. The lowest BCUT2D eigenvalue weighted by atomic mass is 9.93. The van der Waals surface area contributed by atoms with Crippen LogP contribution in [-0.2, 0) is 13.6 Å². The van der Waals surface area contributed by atoms with Gasteiger partial charge in [-0.05, 0) is 36.5 Å². The van der Waals surface area contributed by atoms with Crippen LogP contribution in [-0.4, -0.2) is 11.1 Å². The highest BCUT2D eigenvalue weighted by Crippen LogP contribution is 2.35. The molecule has 0 aliphatic carbocycles. The molecule has 2 heterocycles. The molecule has 0 bridgehead atoms. The number of fused-ring (bicyclic) bond motifs is 3. The first-order valence-corrected chi connectivity index (χ1v) is 6.39. The van der Waals surface area contributed by atoms with Crippen molar-refractivity contribution in [1.29, 1.82) is 0 Å². The molecule has 2 heteroatoms. The molecule has 0 spiro atoms. The zero-order chi connectivity index (χ0) is 12.2. The lowest BCUT2D eigenvalue weighted by Gasteiger charge is -2.21. The minimum absolute atomic E-state index is 0.615. The summed E-state index contributed by atoms with van der Waals surface area (Å²) in [6.45, 7) is 8.85. The number of hydrogen-bond acceptors (Lipinski definition) is 1. The first kappa shape index (κ1) is 10.8. The van der Waals surface area contributed by atoms with Crippen LogP contribution in [0.2, 0.25) is 0 Å². The minimum atomic E-state index is 0.615. The van der Waals surface area contributed by atoms with E-state index >= 15 is 0 Å². The smallest absolute Gasteiger partial charge is 0.0515 e. The van der Waals surface area contributed by atoms with Gasteiger partial charge in [0, 0.05) is 31.2 Å². The van der Waals surface area contributed by atoms with Crippen molar-refractivity contribution in [3.8, 4) is 0 Å². The van der Waals surface area contributed by atoms with Crippen molar-refractivity contribution < 1.29 is 0 Å². The van der Waals surface area contributed by atoms with E-state index in [0.717, 1.165) is 13.1 Å². The second kappa shape index (κ2) is 3.61. The third kappa shape index (κ3) is 1.37. The Morgan fingerprint density at radius 1 is 1.29 bits per heavy atom. The topological polar surface area (TPSA) is 17.0 Å². The maximum atomic E-state index is 3.51. The zero-order valence-electron chi connectivity index (χ0n) is 11.1. The summed E-state index contributed by atoms with van der Waals surface area (Å²) < 4.78 is 2.38. The van der Waals surface area contributed by atoms with Gasteiger partial charge in [-0.15, -0.1) is 0 Å². The summed E-state index contributed by atoms with van der Waals surface area (Å²) in [7, 11) is 2.20. The molecule has 1 unspecified atom stereocenters. The quantitative estimate of drug-likeness (QED) is 0.733. The largest absolute Gasteiger partial charge is 0.346 e. The molecule has 2 nitrogen and oxygen atoms in total. The second-order valence-electron chi connectivity index (χ2n) is 5.35. The first-order chi connectivity index (χ1) is 8.11. The van der Waals surface area contributed by atoms with E-state index in [-0.39, 0.29) is 0 Å². The van der Waals surface area contributed by atoms with Crippen molar-refractivity contribution in [3.05, 3.63) is 34.5 Å². The minimum Gasteiger partial charge on any atom is -0.346 e. The van der Waals surface area contributed by atoms with Crippen molar-refractivity contribution in [2.45, 2.75) is 33.2 Å². The molecule has 1 N–H and O–H groups in total. The number of benzene rings is 1. The average molecular weight is 228 g/mol. The zero-order valence-corrected chi connectivity index (χ0v) is 11.1. The van der Waals surface area contributed by atoms with Crippen LogP contribution in [0.3, 0.4) is 0 Å². The molecule has 0 saturated heterocycles. The van der Waals surface area contributed by atoms with Crippen molar-refractivity contribution in [2.24, 2.45) is 7.05 Å². The van der Waals surface area contributed by atoms with Gasteiger partial charge in [0.1, 0.15) is 0 Å². The van der Waals surface area contributed by atoms with Crippen molar-refractivity contribution >= 4 is 10.9 Å². The standard InChI is InChI=1S/C15H20N2/c1-9-5-6-12-14-10(2)7-16-8-13(14)17(4)15(12)11(9)3/h5-6,10,16H,7-8H2,1-4H3. The fourth-order valence-corrected chi connectivity index (χ4v) is 3.19. The molecule has 0 fully saturated rings.